The molecule has 1 atom stereocenters. The zero-order valence-corrected chi connectivity index (χ0v) is 8.25. The fraction of sp³-hybridized carbons (Fsp3) is 0.500. The van der Waals surface area contributed by atoms with Gasteiger partial charge in [-0.25, -0.2) is 0 Å². The zero-order valence-electron chi connectivity index (χ0n) is 7.43. The Hall–Kier alpha value is -0.590. The smallest absolute Gasteiger partial charge is 0.386 e. The van der Waals surface area contributed by atoms with Gasteiger partial charge in [0.2, 0.25) is 0 Å². The predicted octanol–water partition coefficient (Wildman–Crippen LogP) is 2.02. The van der Waals surface area contributed by atoms with Gasteiger partial charge >= 0.3 is 6.18 Å². The summed E-state index contributed by atoms with van der Waals surface area (Å²) in [4.78, 5) is -0.352. The van der Waals surface area contributed by atoms with Gasteiger partial charge in [0.25, 0.3) is 0 Å². The molecule has 0 aromatic carbocycles. The molecule has 1 rings (SSSR count). The summed E-state index contributed by atoms with van der Waals surface area (Å²) < 4.78 is 36.5. The monoisotopic (exact) mass is 225 g/mol. The van der Waals surface area contributed by atoms with E-state index in [0.717, 1.165) is 6.07 Å². The average molecular weight is 225 g/mol. The first-order chi connectivity index (χ1) is 6.45. The highest BCUT2D eigenvalue weighted by Gasteiger charge is 2.32. The highest BCUT2D eigenvalue weighted by atomic mass is 32.1. The second-order valence-corrected chi connectivity index (χ2v) is 3.89. The first kappa shape index (κ1) is 11.5. The Kier molecular flexibility index (Phi) is 3.52. The van der Waals surface area contributed by atoms with Crippen molar-refractivity contribution < 1.29 is 18.3 Å². The van der Waals surface area contributed by atoms with Gasteiger partial charge in [0, 0.05) is 11.4 Å². The summed E-state index contributed by atoms with van der Waals surface area (Å²) in [6.07, 6.45) is -5.19. The predicted molar refractivity (Wildman–Crippen MR) is 48.2 cm³/mol. The van der Waals surface area contributed by atoms with Crippen molar-refractivity contribution in [1.29, 1.82) is 0 Å². The molecule has 0 aliphatic heterocycles. The van der Waals surface area contributed by atoms with Crippen molar-refractivity contribution in [2.45, 2.75) is 12.3 Å². The fourth-order valence-electron chi connectivity index (χ4n) is 0.978. The van der Waals surface area contributed by atoms with Crippen molar-refractivity contribution >= 4 is 11.3 Å². The number of hydrogen-bond acceptors (Lipinski definition) is 3. The van der Waals surface area contributed by atoms with Gasteiger partial charge in [-0.2, -0.15) is 13.2 Å². The van der Waals surface area contributed by atoms with Crippen LogP contribution in [-0.4, -0.2) is 18.7 Å². The van der Waals surface area contributed by atoms with Crippen LogP contribution in [0.3, 0.4) is 0 Å². The number of alkyl halides is 3. The third-order valence-corrected chi connectivity index (χ3v) is 2.86. The Morgan fingerprint density at radius 3 is 2.57 bits per heavy atom. The zero-order chi connectivity index (χ0) is 10.8. The van der Waals surface area contributed by atoms with Crippen molar-refractivity contribution in [2.75, 3.05) is 13.6 Å². The molecule has 14 heavy (non-hydrogen) atoms. The van der Waals surface area contributed by atoms with E-state index in [1.165, 1.54) is 6.07 Å². The summed E-state index contributed by atoms with van der Waals surface area (Å²) in [5.74, 6) is 0. The molecule has 0 aliphatic rings. The van der Waals surface area contributed by atoms with E-state index in [1.807, 2.05) is 0 Å². The van der Waals surface area contributed by atoms with Gasteiger partial charge in [-0.05, 0) is 19.2 Å². The molecule has 1 aromatic heterocycles. The largest absolute Gasteiger partial charge is 0.425 e. The second-order valence-electron chi connectivity index (χ2n) is 2.77. The number of halogens is 3. The van der Waals surface area contributed by atoms with Crippen molar-refractivity contribution in [3.8, 4) is 0 Å². The number of rotatable bonds is 3. The highest BCUT2D eigenvalue weighted by molar-refractivity contribution is 7.12. The Bertz CT molecular complexity index is 297. The van der Waals surface area contributed by atoms with E-state index in [4.69, 9.17) is 0 Å². The van der Waals surface area contributed by atoms with E-state index < -0.39 is 17.2 Å². The Morgan fingerprint density at radius 1 is 1.50 bits per heavy atom. The SMILES string of the molecule is CNCC(O)c1ccc(C(F)(F)F)s1. The molecule has 0 fully saturated rings. The number of thiophene rings is 1. The fourth-order valence-corrected chi connectivity index (χ4v) is 1.84. The van der Waals surface area contributed by atoms with E-state index in [1.54, 1.807) is 7.05 Å². The van der Waals surface area contributed by atoms with Crippen LogP contribution in [0.25, 0.3) is 0 Å². The molecule has 1 unspecified atom stereocenters. The summed E-state index contributed by atoms with van der Waals surface area (Å²) in [7, 11) is 1.63. The van der Waals surface area contributed by atoms with Crippen LogP contribution in [-0.2, 0) is 6.18 Å². The third kappa shape index (κ3) is 2.70. The number of likely N-dealkylation sites (N-methyl/N-ethyl adjacent to an activating group) is 1. The normalized spacial score (nSPS) is 14.4. The molecular formula is C8H10F3NOS. The van der Waals surface area contributed by atoms with Gasteiger partial charge in [0.15, 0.2) is 0 Å². The minimum absolute atomic E-state index is 0.248. The molecule has 1 heterocycles. The molecule has 2 N–H and O–H groups in total. The van der Waals surface area contributed by atoms with E-state index in [9.17, 15) is 18.3 Å². The van der Waals surface area contributed by atoms with Crippen LogP contribution < -0.4 is 5.32 Å². The van der Waals surface area contributed by atoms with Crippen molar-refractivity contribution in [3.05, 3.63) is 21.9 Å². The standard InChI is InChI=1S/C8H10F3NOS/c1-12-4-5(13)6-2-3-7(14-6)8(9,10)11/h2-3,5,12-13H,4H2,1H3. The van der Waals surface area contributed by atoms with E-state index in [2.05, 4.69) is 5.32 Å². The van der Waals surface area contributed by atoms with Crippen LogP contribution in [0, 0.1) is 0 Å². The van der Waals surface area contributed by atoms with E-state index >= 15 is 0 Å². The van der Waals surface area contributed by atoms with Crippen LogP contribution in [0.15, 0.2) is 12.1 Å². The molecule has 0 radical (unpaired) electrons. The Balaban J connectivity index is 2.78. The maximum Gasteiger partial charge on any atom is 0.425 e. The summed E-state index contributed by atoms with van der Waals surface area (Å²) in [6.45, 7) is 0.248. The average Bonchev–Trinajstić information content (AvgIpc) is 2.51. The first-order valence-electron chi connectivity index (χ1n) is 3.94. The highest BCUT2D eigenvalue weighted by Crippen LogP contribution is 2.36. The van der Waals surface area contributed by atoms with Crippen LogP contribution in [0.2, 0.25) is 0 Å². The third-order valence-electron chi connectivity index (χ3n) is 1.63. The maximum absolute atomic E-state index is 12.2. The molecule has 1 aromatic rings. The molecule has 0 bridgehead atoms. The second kappa shape index (κ2) is 4.29. The van der Waals surface area contributed by atoms with Crippen molar-refractivity contribution in [2.24, 2.45) is 0 Å². The van der Waals surface area contributed by atoms with Crippen molar-refractivity contribution in [3.63, 3.8) is 0 Å². The lowest BCUT2D eigenvalue weighted by Gasteiger charge is -2.06. The number of aliphatic hydroxyl groups is 1. The first-order valence-corrected chi connectivity index (χ1v) is 4.76. The molecule has 0 aliphatic carbocycles. The van der Waals surface area contributed by atoms with Gasteiger partial charge in [-0.15, -0.1) is 11.3 Å². The Labute approximate surface area is 83.4 Å². The minimum Gasteiger partial charge on any atom is -0.386 e. The van der Waals surface area contributed by atoms with Crippen molar-refractivity contribution in [1.82, 2.24) is 5.32 Å². The molecule has 0 saturated heterocycles. The minimum atomic E-state index is -4.32. The lowest BCUT2D eigenvalue weighted by Crippen LogP contribution is -2.15. The van der Waals surface area contributed by atoms with Crippen LogP contribution >= 0.6 is 11.3 Å². The number of hydrogen-bond donors (Lipinski definition) is 2. The quantitative estimate of drug-likeness (QED) is 0.824. The number of nitrogens with one attached hydrogen (secondary N) is 1. The lowest BCUT2D eigenvalue weighted by molar-refractivity contribution is -0.134. The van der Waals surface area contributed by atoms with E-state index in [0.29, 0.717) is 16.2 Å². The number of aliphatic hydroxyl groups excluding tert-OH is 1. The maximum atomic E-state index is 12.2. The van der Waals surface area contributed by atoms with E-state index in [-0.39, 0.29) is 6.54 Å². The Morgan fingerprint density at radius 2 is 2.14 bits per heavy atom. The van der Waals surface area contributed by atoms with Gasteiger partial charge in [0.05, 0.1) is 0 Å². The summed E-state index contributed by atoms with van der Waals surface area (Å²) >= 11 is 0.573. The summed E-state index contributed by atoms with van der Waals surface area (Å²) in [5.41, 5.74) is 0. The molecular weight excluding hydrogens is 215 g/mol. The molecule has 0 amide bonds. The van der Waals surface area contributed by atoms with Crippen LogP contribution in [0.1, 0.15) is 15.9 Å². The summed E-state index contributed by atoms with van der Waals surface area (Å²) in [6, 6.07) is 2.29. The van der Waals surface area contributed by atoms with Gasteiger partial charge < -0.3 is 10.4 Å². The summed E-state index contributed by atoms with van der Waals surface area (Å²) in [5, 5.41) is 12.1. The van der Waals surface area contributed by atoms with Crippen LogP contribution in [0.4, 0.5) is 13.2 Å². The molecule has 0 saturated carbocycles. The molecule has 6 heteroatoms. The van der Waals surface area contributed by atoms with Gasteiger partial charge in [-0.1, -0.05) is 0 Å². The van der Waals surface area contributed by atoms with Gasteiger partial charge in [0.1, 0.15) is 11.0 Å². The topological polar surface area (TPSA) is 32.3 Å². The molecule has 2 nitrogen and oxygen atoms in total. The molecule has 0 spiro atoms. The van der Waals surface area contributed by atoms with Crippen LogP contribution in [0.5, 0.6) is 0 Å². The molecule has 80 valence electrons. The lowest BCUT2D eigenvalue weighted by atomic mass is 10.3. The van der Waals surface area contributed by atoms with Gasteiger partial charge in [-0.3, -0.25) is 0 Å².